The average molecular weight is 418 g/mol. The molecule has 0 aliphatic heterocycles. The normalized spacial score (nSPS) is 18.9. The Labute approximate surface area is 176 Å². The molecule has 0 N–H and O–H groups in total. The number of hydrogen-bond donors (Lipinski definition) is 0. The molecular formula is C25H29F3O2. The molecular weight excluding hydrogens is 389 g/mol. The zero-order valence-corrected chi connectivity index (χ0v) is 17.4. The van der Waals surface area contributed by atoms with Crippen LogP contribution in [0.3, 0.4) is 0 Å². The van der Waals surface area contributed by atoms with E-state index in [-0.39, 0.29) is 11.7 Å². The molecule has 2 aromatic rings. The summed E-state index contributed by atoms with van der Waals surface area (Å²) in [7, 11) is 0. The van der Waals surface area contributed by atoms with Crippen molar-refractivity contribution < 1.29 is 22.7 Å². The third-order valence-electron chi connectivity index (χ3n) is 6.10. The van der Waals surface area contributed by atoms with Gasteiger partial charge in [-0.2, -0.15) is 0 Å². The third-order valence-corrected chi connectivity index (χ3v) is 6.10. The number of benzene rings is 2. The lowest BCUT2D eigenvalue weighted by Crippen LogP contribution is -2.18. The van der Waals surface area contributed by atoms with Crippen LogP contribution >= 0.6 is 0 Å². The molecule has 0 spiro atoms. The summed E-state index contributed by atoms with van der Waals surface area (Å²) in [4.78, 5) is 12.7. The lowest BCUT2D eigenvalue weighted by molar-refractivity contribution is 0.0731. The van der Waals surface area contributed by atoms with Crippen LogP contribution in [-0.4, -0.2) is 5.97 Å². The van der Waals surface area contributed by atoms with E-state index in [2.05, 4.69) is 6.92 Å². The summed E-state index contributed by atoms with van der Waals surface area (Å²) in [5, 5.41) is 0. The van der Waals surface area contributed by atoms with Crippen LogP contribution in [0.15, 0.2) is 36.4 Å². The molecule has 2 nitrogen and oxygen atoms in total. The van der Waals surface area contributed by atoms with Gasteiger partial charge >= 0.3 is 5.97 Å². The molecule has 0 radical (unpaired) electrons. The minimum absolute atomic E-state index is 0.266. The maximum atomic E-state index is 13.4. The van der Waals surface area contributed by atoms with E-state index in [0.717, 1.165) is 37.2 Å². The Morgan fingerprint density at radius 1 is 0.967 bits per heavy atom. The van der Waals surface area contributed by atoms with Crippen LogP contribution in [0.25, 0.3) is 0 Å². The lowest BCUT2D eigenvalue weighted by atomic mass is 9.76. The van der Waals surface area contributed by atoms with Gasteiger partial charge in [0.1, 0.15) is 5.75 Å². The average Bonchev–Trinajstić information content (AvgIpc) is 2.75. The molecule has 1 fully saturated rings. The van der Waals surface area contributed by atoms with Gasteiger partial charge in [-0.1, -0.05) is 57.2 Å². The first-order valence-corrected chi connectivity index (χ1v) is 10.9. The number of rotatable bonds is 8. The Morgan fingerprint density at radius 3 is 2.30 bits per heavy atom. The Bertz CT molecular complexity index is 834. The number of halogens is 3. The summed E-state index contributed by atoms with van der Waals surface area (Å²) in [6, 6.07) is 8.59. The molecule has 30 heavy (non-hydrogen) atoms. The second-order valence-corrected chi connectivity index (χ2v) is 8.24. The summed E-state index contributed by atoms with van der Waals surface area (Å²) in [5.74, 6) is -4.36. The smallest absolute Gasteiger partial charge is 0.343 e. The minimum Gasteiger partial charge on any atom is -0.423 e. The van der Waals surface area contributed by atoms with Crippen molar-refractivity contribution >= 4 is 5.97 Å². The van der Waals surface area contributed by atoms with Crippen molar-refractivity contribution in [2.45, 2.75) is 70.6 Å². The van der Waals surface area contributed by atoms with Crippen LogP contribution in [0.5, 0.6) is 5.75 Å². The van der Waals surface area contributed by atoms with Crippen molar-refractivity contribution in [3.8, 4) is 5.75 Å². The van der Waals surface area contributed by atoms with E-state index in [1.54, 1.807) is 12.1 Å². The molecule has 1 aliphatic rings. The van der Waals surface area contributed by atoms with E-state index < -0.39 is 23.4 Å². The first-order valence-electron chi connectivity index (χ1n) is 10.9. The molecule has 5 heteroatoms. The van der Waals surface area contributed by atoms with Crippen LogP contribution in [0, 0.1) is 23.4 Å². The molecule has 162 valence electrons. The first-order chi connectivity index (χ1) is 14.5. The zero-order chi connectivity index (χ0) is 21.5. The fraction of sp³-hybridized carbons (Fsp3) is 0.480. The predicted octanol–water partition coefficient (Wildman–Crippen LogP) is 7.57. The van der Waals surface area contributed by atoms with Crippen LogP contribution in [-0.2, 0) is 0 Å². The van der Waals surface area contributed by atoms with Crippen molar-refractivity contribution in [3.63, 3.8) is 0 Å². The Morgan fingerprint density at radius 2 is 1.63 bits per heavy atom. The summed E-state index contributed by atoms with van der Waals surface area (Å²) in [5.41, 5.74) is 1.31. The summed E-state index contributed by atoms with van der Waals surface area (Å²) >= 11 is 0. The van der Waals surface area contributed by atoms with Gasteiger partial charge in [-0.05, 0) is 49.1 Å². The highest BCUT2D eigenvalue weighted by atomic mass is 19.2. The monoisotopic (exact) mass is 418 g/mol. The van der Waals surface area contributed by atoms with Crippen molar-refractivity contribution in [1.29, 1.82) is 0 Å². The van der Waals surface area contributed by atoms with Crippen LogP contribution in [0.2, 0.25) is 0 Å². The predicted molar refractivity (Wildman–Crippen MR) is 111 cm³/mol. The van der Waals surface area contributed by atoms with Crippen molar-refractivity contribution in [2.24, 2.45) is 5.92 Å². The number of hydrogen-bond acceptors (Lipinski definition) is 2. The van der Waals surface area contributed by atoms with E-state index in [9.17, 15) is 18.0 Å². The summed E-state index contributed by atoms with van der Waals surface area (Å²) in [6.07, 6.45) is 10.7. The Kier molecular flexibility index (Phi) is 7.94. The SMILES string of the molecule is CCCCCCC1CCC(c2ccccc2C(=O)Oc2cc(F)c(F)c(F)c2)CC1. The summed E-state index contributed by atoms with van der Waals surface area (Å²) < 4.78 is 45.1. The number of carbonyl (C=O) groups is 1. The number of ether oxygens (including phenoxy) is 1. The number of esters is 1. The second kappa shape index (κ2) is 10.6. The van der Waals surface area contributed by atoms with Gasteiger partial charge in [0.05, 0.1) is 5.56 Å². The van der Waals surface area contributed by atoms with Crippen LogP contribution < -0.4 is 4.74 Å². The largest absolute Gasteiger partial charge is 0.423 e. The summed E-state index contributed by atoms with van der Waals surface area (Å²) in [6.45, 7) is 2.22. The van der Waals surface area contributed by atoms with E-state index in [1.165, 1.54) is 32.1 Å². The standard InChI is InChI=1S/C25H29F3O2/c1-2-3-4-5-8-17-11-13-18(14-12-17)20-9-6-7-10-21(20)25(29)30-19-15-22(26)24(28)23(27)16-19/h6-7,9-10,15-18H,2-5,8,11-14H2,1H3. The van der Waals surface area contributed by atoms with Gasteiger partial charge in [0.25, 0.3) is 0 Å². The van der Waals surface area contributed by atoms with E-state index in [1.807, 2.05) is 12.1 Å². The van der Waals surface area contributed by atoms with Crippen molar-refractivity contribution in [3.05, 3.63) is 65.0 Å². The van der Waals surface area contributed by atoms with Gasteiger partial charge in [0, 0.05) is 12.1 Å². The van der Waals surface area contributed by atoms with E-state index in [0.29, 0.717) is 17.7 Å². The first kappa shape index (κ1) is 22.4. The highest BCUT2D eigenvalue weighted by Crippen LogP contribution is 2.39. The van der Waals surface area contributed by atoms with Gasteiger partial charge in [0.15, 0.2) is 17.5 Å². The maximum absolute atomic E-state index is 13.4. The Hall–Kier alpha value is -2.30. The topological polar surface area (TPSA) is 26.3 Å². The van der Waals surface area contributed by atoms with Crippen LogP contribution in [0.4, 0.5) is 13.2 Å². The molecule has 1 aliphatic carbocycles. The molecule has 0 bridgehead atoms. The number of carbonyl (C=O) groups excluding carboxylic acids is 1. The molecule has 2 aromatic carbocycles. The maximum Gasteiger partial charge on any atom is 0.343 e. The third kappa shape index (κ3) is 5.65. The van der Waals surface area contributed by atoms with Gasteiger partial charge < -0.3 is 4.74 Å². The molecule has 0 atom stereocenters. The number of unbranched alkanes of at least 4 members (excludes halogenated alkanes) is 3. The minimum atomic E-state index is -1.58. The zero-order valence-electron chi connectivity index (χ0n) is 17.4. The van der Waals surface area contributed by atoms with Crippen molar-refractivity contribution in [1.82, 2.24) is 0 Å². The van der Waals surface area contributed by atoms with Crippen molar-refractivity contribution in [2.75, 3.05) is 0 Å². The highest BCUT2D eigenvalue weighted by Gasteiger charge is 2.26. The highest BCUT2D eigenvalue weighted by molar-refractivity contribution is 5.92. The lowest BCUT2D eigenvalue weighted by Gasteiger charge is -2.29. The van der Waals surface area contributed by atoms with Gasteiger partial charge in [-0.25, -0.2) is 18.0 Å². The molecule has 3 rings (SSSR count). The van der Waals surface area contributed by atoms with E-state index >= 15 is 0 Å². The van der Waals surface area contributed by atoms with Crippen LogP contribution in [0.1, 0.15) is 86.6 Å². The molecule has 0 amide bonds. The van der Waals surface area contributed by atoms with Gasteiger partial charge in [-0.3, -0.25) is 0 Å². The van der Waals surface area contributed by atoms with Gasteiger partial charge in [-0.15, -0.1) is 0 Å². The molecule has 1 saturated carbocycles. The molecule has 0 heterocycles. The Balaban J connectivity index is 1.64. The quantitative estimate of drug-likeness (QED) is 0.191. The fourth-order valence-electron chi connectivity index (χ4n) is 4.41. The molecule has 0 saturated heterocycles. The van der Waals surface area contributed by atoms with E-state index in [4.69, 9.17) is 4.74 Å². The fourth-order valence-corrected chi connectivity index (χ4v) is 4.41. The second-order valence-electron chi connectivity index (χ2n) is 8.24. The molecule has 0 unspecified atom stereocenters. The van der Waals surface area contributed by atoms with Gasteiger partial charge in [0.2, 0.25) is 0 Å². The molecule has 0 aromatic heterocycles.